The third-order valence-corrected chi connectivity index (χ3v) is 5.93. The Hall–Kier alpha value is -0.323. The molecular formula is C12H18NS2Si+. The fourth-order valence-electron chi connectivity index (χ4n) is 1.79. The molecule has 2 aromatic rings. The van der Waals surface area contributed by atoms with Crippen LogP contribution in [-0.4, -0.2) is 14.3 Å². The monoisotopic (exact) mass is 268 g/mol. The van der Waals surface area contributed by atoms with E-state index in [4.69, 9.17) is 0 Å². The van der Waals surface area contributed by atoms with Crippen LogP contribution in [0.4, 0.5) is 0 Å². The average Bonchev–Trinajstić information content (AvgIpc) is 2.55. The minimum Gasteiger partial charge on any atom is -0.180 e. The van der Waals surface area contributed by atoms with Crippen molar-refractivity contribution in [1.29, 1.82) is 0 Å². The van der Waals surface area contributed by atoms with Crippen LogP contribution in [0.25, 0.3) is 10.2 Å². The molecule has 0 amide bonds. The number of para-hydroxylation sites is 1. The van der Waals surface area contributed by atoms with Gasteiger partial charge in [0.2, 0.25) is 5.52 Å². The maximum atomic E-state index is 2.51. The summed E-state index contributed by atoms with van der Waals surface area (Å²) in [6, 6.07) is 8.73. The molecule has 0 atom stereocenters. The van der Waals surface area contributed by atoms with Gasteiger partial charge in [0.1, 0.15) is 18.9 Å². The van der Waals surface area contributed by atoms with Gasteiger partial charge in [0.15, 0.2) is 0 Å². The molecule has 2 rings (SSSR count). The number of rotatable bonds is 3. The second-order valence-electron chi connectivity index (χ2n) is 5.19. The number of hydrogen-bond donors (Lipinski definition) is 0. The van der Waals surface area contributed by atoms with E-state index >= 15 is 0 Å². The summed E-state index contributed by atoms with van der Waals surface area (Å²) >= 11 is 3.78. The Bertz CT molecular complexity index is 499. The van der Waals surface area contributed by atoms with E-state index in [0.29, 0.717) is 0 Å². The van der Waals surface area contributed by atoms with E-state index in [-0.39, 0.29) is 0 Å². The molecule has 1 nitrogen and oxygen atoms in total. The summed E-state index contributed by atoms with van der Waals surface area (Å²) in [7, 11) is -1.07. The lowest BCUT2D eigenvalue weighted by Gasteiger charge is -2.10. The summed E-state index contributed by atoms with van der Waals surface area (Å²) in [5.41, 5.74) is 1.40. The number of nitrogens with zero attached hydrogens (tertiary/aromatic N) is 1. The van der Waals surface area contributed by atoms with Gasteiger partial charge < -0.3 is 0 Å². The Labute approximate surface area is 107 Å². The Balaban J connectivity index is 2.56. The lowest BCUT2D eigenvalue weighted by molar-refractivity contribution is -0.686. The van der Waals surface area contributed by atoms with Crippen LogP contribution in [0, 0.1) is 0 Å². The molecule has 16 heavy (non-hydrogen) atoms. The predicted molar refractivity (Wildman–Crippen MR) is 77.1 cm³/mol. The summed E-state index contributed by atoms with van der Waals surface area (Å²) in [4.78, 5) is 0. The highest BCUT2D eigenvalue weighted by Gasteiger charge is 2.26. The van der Waals surface area contributed by atoms with Crippen LogP contribution in [-0.2, 0) is 6.17 Å². The minimum absolute atomic E-state index is 1.07. The zero-order valence-electron chi connectivity index (χ0n) is 10.3. The van der Waals surface area contributed by atoms with Crippen molar-refractivity contribution in [3.8, 4) is 0 Å². The second-order valence-corrected chi connectivity index (χ2v) is 12.7. The number of thiazole rings is 1. The normalized spacial score (nSPS) is 12.2. The summed E-state index contributed by atoms with van der Waals surface area (Å²) in [5.74, 6) is 0. The molecule has 0 aliphatic rings. The van der Waals surface area contributed by atoms with E-state index in [1.54, 1.807) is 0 Å². The van der Waals surface area contributed by atoms with Crippen molar-refractivity contribution in [1.82, 2.24) is 0 Å². The van der Waals surface area contributed by atoms with Crippen LogP contribution < -0.4 is 4.57 Å². The third kappa shape index (κ3) is 2.50. The summed E-state index contributed by atoms with van der Waals surface area (Å²) in [6.07, 6.45) is 3.39. The van der Waals surface area contributed by atoms with Crippen LogP contribution in [0.5, 0.6) is 0 Å². The molecule has 0 aliphatic carbocycles. The molecular weight excluding hydrogens is 250 g/mol. The van der Waals surface area contributed by atoms with E-state index in [0.717, 1.165) is 0 Å². The lowest BCUT2D eigenvalue weighted by Crippen LogP contribution is -2.46. The zero-order valence-corrected chi connectivity index (χ0v) is 12.9. The molecule has 0 N–H and O–H groups in total. The number of benzene rings is 1. The predicted octanol–water partition coefficient (Wildman–Crippen LogP) is 3.79. The Morgan fingerprint density at radius 3 is 2.56 bits per heavy atom. The van der Waals surface area contributed by atoms with E-state index in [2.05, 4.69) is 54.7 Å². The van der Waals surface area contributed by atoms with Crippen LogP contribution in [0.2, 0.25) is 19.6 Å². The number of fused-ring (bicyclic) bond motifs is 1. The first-order valence-corrected chi connectivity index (χ1v) is 11.2. The van der Waals surface area contributed by atoms with Crippen LogP contribution in [0.1, 0.15) is 0 Å². The van der Waals surface area contributed by atoms with Crippen LogP contribution in [0.3, 0.4) is 0 Å². The molecule has 0 unspecified atom stereocenters. The van der Waals surface area contributed by atoms with Gasteiger partial charge in [0.25, 0.3) is 4.34 Å². The Morgan fingerprint density at radius 2 is 1.94 bits per heavy atom. The largest absolute Gasteiger partial charge is 0.297 e. The van der Waals surface area contributed by atoms with Gasteiger partial charge in [0, 0.05) is 6.07 Å². The SMILES string of the molecule is CSc1sc2ccccc2[n+]1C[Si](C)(C)C. The molecule has 0 aliphatic heterocycles. The quantitative estimate of drug-likeness (QED) is 0.465. The highest BCUT2D eigenvalue weighted by atomic mass is 32.2. The van der Waals surface area contributed by atoms with Crippen molar-refractivity contribution in [3.63, 3.8) is 0 Å². The zero-order chi connectivity index (χ0) is 11.8. The van der Waals surface area contributed by atoms with Crippen LogP contribution >= 0.6 is 23.1 Å². The molecule has 0 fully saturated rings. The van der Waals surface area contributed by atoms with E-state index in [9.17, 15) is 0 Å². The van der Waals surface area contributed by atoms with Gasteiger partial charge in [-0.3, -0.25) is 0 Å². The first-order valence-electron chi connectivity index (χ1n) is 5.46. The van der Waals surface area contributed by atoms with Gasteiger partial charge in [-0.15, -0.1) is 0 Å². The summed E-state index contributed by atoms with van der Waals surface area (Å²) < 4.78 is 5.35. The van der Waals surface area contributed by atoms with Gasteiger partial charge in [-0.25, -0.2) is 0 Å². The van der Waals surface area contributed by atoms with E-state index in [1.807, 2.05) is 23.1 Å². The van der Waals surface area contributed by atoms with Crippen molar-refractivity contribution in [2.45, 2.75) is 30.1 Å². The van der Waals surface area contributed by atoms with Crippen molar-refractivity contribution < 1.29 is 4.57 Å². The molecule has 1 aromatic heterocycles. The lowest BCUT2D eigenvalue weighted by atomic mass is 10.3. The van der Waals surface area contributed by atoms with Crippen molar-refractivity contribution >= 4 is 41.4 Å². The topological polar surface area (TPSA) is 3.88 Å². The van der Waals surface area contributed by atoms with Crippen molar-refractivity contribution in [2.75, 3.05) is 6.26 Å². The molecule has 1 aromatic carbocycles. The smallest absolute Gasteiger partial charge is 0.180 e. The summed E-state index contributed by atoms with van der Waals surface area (Å²) in [5, 5.41) is 0. The minimum atomic E-state index is -1.07. The first kappa shape index (κ1) is 12.1. The molecule has 0 saturated carbocycles. The molecule has 1 heterocycles. The molecule has 0 radical (unpaired) electrons. The maximum Gasteiger partial charge on any atom is 0.297 e. The summed E-state index contributed by atoms with van der Waals surface area (Å²) in [6.45, 7) is 7.28. The van der Waals surface area contributed by atoms with Gasteiger partial charge in [-0.1, -0.05) is 43.1 Å². The van der Waals surface area contributed by atoms with Gasteiger partial charge in [0.05, 0.1) is 0 Å². The highest BCUT2D eigenvalue weighted by Crippen LogP contribution is 2.26. The van der Waals surface area contributed by atoms with Gasteiger partial charge in [-0.2, -0.15) is 4.57 Å². The highest BCUT2D eigenvalue weighted by molar-refractivity contribution is 8.00. The maximum absolute atomic E-state index is 2.51. The number of thioether (sulfide) groups is 1. The molecule has 4 heteroatoms. The standard InChI is InChI=1S/C12H18NS2Si/c1-14-12-13(9-16(2,3)4)10-7-5-6-8-11(10)15-12/h5-8H,9H2,1-4H3/q+1. The number of aromatic nitrogens is 1. The molecule has 86 valence electrons. The third-order valence-electron chi connectivity index (χ3n) is 2.38. The molecule has 0 bridgehead atoms. The fraction of sp³-hybridized carbons (Fsp3) is 0.417. The first-order chi connectivity index (χ1) is 7.51. The van der Waals surface area contributed by atoms with E-state index in [1.165, 1.54) is 20.7 Å². The molecule has 0 spiro atoms. The van der Waals surface area contributed by atoms with Gasteiger partial charge >= 0.3 is 0 Å². The second kappa shape index (κ2) is 4.51. The Morgan fingerprint density at radius 1 is 1.25 bits per heavy atom. The fourth-order valence-corrected chi connectivity index (χ4v) is 5.17. The van der Waals surface area contributed by atoms with Crippen molar-refractivity contribution in [2.24, 2.45) is 0 Å². The molecule has 0 saturated heterocycles. The van der Waals surface area contributed by atoms with Gasteiger partial charge in [-0.05, 0) is 24.1 Å². The van der Waals surface area contributed by atoms with Crippen molar-refractivity contribution in [3.05, 3.63) is 24.3 Å². The van der Waals surface area contributed by atoms with Crippen LogP contribution in [0.15, 0.2) is 28.6 Å². The average molecular weight is 269 g/mol. The van der Waals surface area contributed by atoms with E-state index < -0.39 is 8.07 Å². The Kier molecular flexibility index (Phi) is 3.42. The number of hydrogen-bond acceptors (Lipinski definition) is 2.